The highest BCUT2D eigenvalue weighted by molar-refractivity contribution is 6.37. The zero-order valence-corrected chi connectivity index (χ0v) is 23.8. The Hall–Kier alpha value is -3.98. The molecule has 0 bridgehead atoms. The number of ether oxygens (including phenoxy) is 2. The second-order valence-corrected chi connectivity index (χ2v) is 11.0. The fraction of sp³-hybridized carbons (Fsp3) is 0.281. The van der Waals surface area contributed by atoms with E-state index in [-0.39, 0.29) is 29.8 Å². The van der Waals surface area contributed by atoms with Crippen molar-refractivity contribution in [1.82, 2.24) is 0 Å². The summed E-state index contributed by atoms with van der Waals surface area (Å²) in [6.45, 7) is 6.22. The fourth-order valence-corrected chi connectivity index (χ4v) is 5.12. The third-order valence-electron chi connectivity index (χ3n) is 7.35. The van der Waals surface area contributed by atoms with Crippen LogP contribution in [0.15, 0.2) is 72.5 Å². The van der Waals surface area contributed by atoms with Crippen molar-refractivity contribution in [3.05, 3.63) is 105 Å². The summed E-state index contributed by atoms with van der Waals surface area (Å²) in [7, 11) is 0. The maximum Gasteiger partial charge on any atom is 0.290 e. The lowest BCUT2D eigenvalue weighted by Crippen LogP contribution is -2.31. The summed E-state index contributed by atoms with van der Waals surface area (Å²) in [5.41, 5.74) is 3.88. The fourth-order valence-electron chi connectivity index (χ4n) is 4.95. The van der Waals surface area contributed by atoms with Gasteiger partial charge < -0.3 is 19.9 Å². The monoisotopic (exact) mass is 574 g/mol. The van der Waals surface area contributed by atoms with Gasteiger partial charge in [0.1, 0.15) is 0 Å². The van der Waals surface area contributed by atoms with Crippen molar-refractivity contribution in [2.75, 3.05) is 10.2 Å². The van der Waals surface area contributed by atoms with Crippen LogP contribution in [0.4, 0.5) is 11.4 Å². The zero-order chi connectivity index (χ0) is 29.3. The molecule has 3 amide bonds. The molecular formula is C32H31ClN2O6. The Morgan fingerprint density at radius 1 is 1.05 bits per heavy atom. The summed E-state index contributed by atoms with van der Waals surface area (Å²) in [4.78, 5) is 40.4. The highest BCUT2D eigenvalue weighted by atomic mass is 35.5. The minimum absolute atomic E-state index is 0.0213. The second-order valence-electron chi connectivity index (χ2n) is 10.6. The normalized spacial score (nSPS) is 18.3. The molecule has 5 rings (SSSR count). The summed E-state index contributed by atoms with van der Waals surface area (Å²) in [6.07, 6.45) is 1.85. The quantitative estimate of drug-likeness (QED) is 0.320. The van der Waals surface area contributed by atoms with Gasteiger partial charge in [-0.25, -0.2) is 4.90 Å². The van der Waals surface area contributed by atoms with Crippen molar-refractivity contribution in [1.29, 1.82) is 0 Å². The predicted molar refractivity (Wildman–Crippen MR) is 155 cm³/mol. The number of aryl methyl sites for hydroxylation is 1. The molecular weight excluding hydrogens is 544 g/mol. The largest absolute Gasteiger partial charge is 0.459 e. The second kappa shape index (κ2) is 11.9. The van der Waals surface area contributed by atoms with Gasteiger partial charge in [-0.15, -0.1) is 0 Å². The number of halogens is 1. The Kier molecular flexibility index (Phi) is 8.26. The Morgan fingerprint density at radius 2 is 1.76 bits per heavy atom. The molecule has 3 aromatic rings. The van der Waals surface area contributed by atoms with Crippen LogP contribution in [0.1, 0.15) is 57.7 Å². The van der Waals surface area contributed by atoms with Crippen molar-refractivity contribution >= 4 is 40.7 Å². The van der Waals surface area contributed by atoms with Gasteiger partial charge in [-0.1, -0.05) is 49.7 Å². The minimum Gasteiger partial charge on any atom is -0.459 e. The average molecular weight is 575 g/mol. The van der Waals surface area contributed by atoms with E-state index in [1.165, 1.54) is 6.07 Å². The Morgan fingerprint density at radius 3 is 2.44 bits per heavy atom. The molecule has 2 heterocycles. The number of carbonyl (C=O) groups is 3. The number of allylic oxidation sites excluding steroid dienone is 1. The number of rotatable bonds is 8. The molecule has 0 radical (unpaired) electrons. The number of benzene rings is 3. The van der Waals surface area contributed by atoms with Crippen LogP contribution < -0.4 is 10.2 Å². The number of hydrogen-bond donors (Lipinski definition) is 2. The van der Waals surface area contributed by atoms with E-state index in [2.05, 4.69) is 19.2 Å². The number of nitrogens with zero attached hydrogens (tertiary/aromatic N) is 1. The molecule has 41 heavy (non-hydrogen) atoms. The maximum atomic E-state index is 13.2. The first-order valence-corrected chi connectivity index (χ1v) is 13.8. The Bertz CT molecular complexity index is 1530. The molecule has 2 aliphatic rings. The first kappa shape index (κ1) is 28.5. The van der Waals surface area contributed by atoms with Crippen molar-refractivity contribution in [3.63, 3.8) is 0 Å². The van der Waals surface area contributed by atoms with E-state index in [0.29, 0.717) is 40.6 Å². The lowest BCUT2D eigenvalue weighted by Gasteiger charge is -2.31. The third-order valence-corrected chi connectivity index (χ3v) is 7.59. The molecule has 9 heteroatoms. The van der Waals surface area contributed by atoms with Gasteiger partial charge in [-0.2, -0.15) is 0 Å². The number of hydrogen-bond acceptors (Lipinski definition) is 6. The van der Waals surface area contributed by atoms with Crippen molar-refractivity contribution < 1.29 is 29.0 Å². The van der Waals surface area contributed by atoms with Crippen LogP contribution in [0, 0.1) is 18.8 Å². The number of imide groups is 1. The molecule has 0 aliphatic carbocycles. The van der Waals surface area contributed by atoms with E-state index in [4.69, 9.17) is 21.1 Å². The highest BCUT2D eigenvalue weighted by Gasteiger charge is 2.37. The van der Waals surface area contributed by atoms with E-state index >= 15 is 0 Å². The standard InChI is InChI=1S/C32H31ClN2O6/c1-18(2)22-13-28(41-29(14-22)40-17-21-6-4-20(16-36)5-7-21)30(37)34-24-9-11-27(19(3)12-24)35-31(38)25-10-8-23(33)15-26(25)32(35)39/h4-13,15,18,22,29,36H,14,16-17H2,1-3H3,(H,34,37). The number of carbonyl (C=O) groups excluding carboxylic acids is 3. The van der Waals surface area contributed by atoms with E-state index in [0.717, 1.165) is 16.0 Å². The zero-order valence-electron chi connectivity index (χ0n) is 23.0. The van der Waals surface area contributed by atoms with Crippen molar-refractivity contribution in [2.45, 2.75) is 46.7 Å². The van der Waals surface area contributed by atoms with E-state index in [9.17, 15) is 19.5 Å². The Balaban J connectivity index is 1.27. The average Bonchev–Trinajstić information content (AvgIpc) is 3.20. The highest BCUT2D eigenvalue weighted by Crippen LogP contribution is 2.34. The van der Waals surface area contributed by atoms with Gasteiger partial charge in [0, 0.05) is 17.1 Å². The SMILES string of the molecule is Cc1cc(NC(=O)C2=CC(C(C)C)CC(OCc3ccc(CO)cc3)O2)ccc1N1C(=O)c2ccc(Cl)cc2C1=O. The number of aliphatic hydroxyl groups excluding tert-OH is 1. The van der Waals surface area contributed by atoms with Crippen LogP contribution in [0.5, 0.6) is 0 Å². The summed E-state index contributed by atoms with van der Waals surface area (Å²) >= 11 is 6.03. The lowest BCUT2D eigenvalue weighted by molar-refractivity contribution is -0.152. The van der Waals surface area contributed by atoms with Gasteiger partial charge in [-0.05, 0) is 77.9 Å². The first-order valence-electron chi connectivity index (χ1n) is 13.4. The van der Waals surface area contributed by atoms with Crippen LogP contribution in [0.3, 0.4) is 0 Å². The number of nitrogens with one attached hydrogen (secondary N) is 1. The van der Waals surface area contributed by atoms with Crippen molar-refractivity contribution in [2.24, 2.45) is 11.8 Å². The van der Waals surface area contributed by atoms with Crippen LogP contribution in [-0.4, -0.2) is 29.1 Å². The third kappa shape index (κ3) is 6.05. The van der Waals surface area contributed by atoms with Crippen LogP contribution >= 0.6 is 11.6 Å². The molecule has 2 aliphatic heterocycles. The van der Waals surface area contributed by atoms with E-state index in [1.54, 1.807) is 37.3 Å². The van der Waals surface area contributed by atoms with Gasteiger partial charge in [0.25, 0.3) is 17.7 Å². The maximum absolute atomic E-state index is 13.2. The molecule has 0 aromatic heterocycles. The molecule has 2 N–H and O–H groups in total. The van der Waals surface area contributed by atoms with E-state index in [1.807, 2.05) is 30.3 Å². The van der Waals surface area contributed by atoms with E-state index < -0.39 is 24.0 Å². The summed E-state index contributed by atoms with van der Waals surface area (Å²) in [6, 6.07) is 17.1. The van der Waals surface area contributed by atoms with Crippen LogP contribution in [-0.2, 0) is 27.5 Å². The number of amides is 3. The topological polar surface area (TPSA) is 105 Å². The molecule has 2 atom stereocenters. The molecule has 2 unspecified atom stereocenters. The molecule has 8 nitrogen and oxygen atoms in total. The lowest BCUT2D eigenvalue weighted by atomic mass is 9.90. The molecule has 3 aromatic carbocycles. The summed E-state index contributed by atoms with van der Waals surface area (Å²) in [5, 5.41) is 12.5. The van der Waals surface area contributed by atoms with Gasteiger partial charge in [0.15, 0.2) is 5.76 Å². The first-order chi connectivity index (χ1) is 19.6. The van der Waals surface area contributed by atoms with Gasteiger partial charge in [0.05, 0.1) is 30.0 Å². The molecule has 0 saturated carbocycles. The smallest absolute Gasteiger partial charge is 0.290 e. The number of anilines is 2. The summed E-state index contributed by atoms with van der Waals surface area (Å²) in [5.74, 6) is -0.751. The number of aliphatic hydroxyl groups is 1. The minimum atomic E-state index is -0.600. The Labute approximate surface area is 243 Å². The molecule has 0 fully saturated rings. The molecule has 212 valence electrons. The summed E-state index contributed by atoms with van der Waals surface area (Å²) < 4.78 is 12.0. The number of fused-ring (bicyclic) bond motifs is 1. The molecule has 0 spiro atoms. The van der Waals surface area contributed by atoms with Crippen LogP contribution in [0.2, 0.25) is 5.02 Å². The van der Waals surface area contributed by atoms with Crippen molar-refractivity contribution in [3.8, 4) is 0 Å². The molecule has 0 saturated heterocycles. The van der Waals surface area contributed by atoms with Gasteiger partial charge >= 0.3 is 0 Å². The predicted octanol–water partition coefficient (Wildman–Crippen LogP) is 6.00. The van der Waals surface area contributed by atoms with Gasteiger partial charge in [-0.3, -0.25) is 14.4 Å². The van der Waals surface area contributed by atoms with Gasteiger partial charge in [0.2, 0.25) is 6.29 Å². The van der Waals surface area contributed by atoms with Crippen LogP contribution in [0.25, 0.3) is 0 Å².